The molecule has 0 fully saturated rings. The predicted octanol–water partition coefficient (Wildman–Crippen LogP) is 1.20. The molecule has 0 aliphatic rings. The normalized spacial score (nSPS) is 13.2. The molecular formula is C9H20O3. The summed E-state index contributed by atoms with van der Waals surface area (Å²) in [5, 5.41) is 8.83. The summed E-state index contributed by atoms with van der Waals surface area (Å²) in [6, 6.07) is 0. The Kier molecular flexibility index (Phi) is 8.88. The number of aliphatic hydroxyl groups excluding tert-OH is 1. The van der Waals surface area contributed by atoms with E-state index in [0.717, 1.165) is 19.4 Å². The maximum absolute atomic E-state index is 8.83. The zero-order chi connectivity index (χ0) is 9.23. The van der Waals surface area contributed by atoms with E-state index in [1.54, 1.807) is 6.92 Å². The lowest BCUT2D eigenvalue weighted by molar-refractivity contribution is 0.00912. The maximum atomic E-state index is 8.83. The molecule has 12 heavy (non-hydrogen) atoms. The standard InChI is InChI=1S/C9H20O3/c1-3-4-5-11-6-7-12-8-9(2)10/h9-10H,3-8H2,1-2H3/t9-/m0/s1. The second kappa shape index (κ2) is 8.97. The summed E-state index contributed by atoms with van der Waals surface area (Å²) in [6.45, 7) is 6.26. The summed E-state index contributed by atoms with van der Waals surface area (Å²) in [5.74, 6) is 0. The predicted molar refractivity (Wildman–Crippen MR) is 48.2 cm³/mol. The molecule has 0 amide bonds. The van der Waals surface area contributed by atoms with Gasteiger partial charge in [0.15, 0.2) is 0 Å². The van der Waals surface area contributed by atoms with Gasteiger partial charge in [-0.1, -0.05) is 13.3 Å². The van der Waals surface area contributed by atoms with Gasteiger partial charge < -0.3 is 14.6 Å². The Bertz CT molecular complexity index is 83.8. The van der Waals surface area contributed by atoms with Crippen LogP contribution in [-0.4, -0.2) is 37.6 Å². The molecule has 0 unspecified atom stereocenters. The number of rotatable bonds is 8. The van der Waals surface area contributed by atoms with Crippen LogP contribution in [0.1, 0.15) is 26.7 Å². The molecule has 3 nitrogen and oxygen atoms in total. The molecule has 74 valence electrons. The average Bonchev–Trinajstić information content (AvgIpc) is 2.02. The first-order valence-electron chi connectivity index (χ1n) is 4.61. The van der Waals surface area contributed by atoms with Crippen molar-refractivity contribution in [3.05, 3.63) is 0 Å². The van der Waals surface area contributed by atoms with Gasteiger partial charge in [0.1, 0.15) is 0 Å². The Morgan fingerprint density at radius 2 is 1.83 bits per heavy atom. The molecular weight excluding hydrogens is 156 g/mol. The number of aliphatic hydroxyl groups is 1. The lowest BCUT2D eigenvalue weighted by Crippen LogP contribution is -2.13. The van der Waals surface area contributed by atoms with Gasteiger partial charge in [-0.2, -0.15) is 0 Å². The molecule has 0 heterocycles. The van der Waals surface area contributed by atoms with E-state index in [1.807, 2.05) is 0 Å². The first-order chi connectivity index (χ1) is 5.77. The highest BCUT2D eigenvalue weighted by molar-refractivity contribution is 4.41. The van der Waals surface area contributed by atoms with Crippen LogP contribution in [0.15, 0.2) is 0 Å². The minimum Gasteiger partial charge on any atom is -0.391 e. The van der Waals surface area contributed by atoms with E-state index in [1.165, 1.54) is 0 Å². The lowest BCUT2D eigenvalue weighted by Gasteiger charge is -2.06. The van der Waals surface area contributed by atoms with Crippen LogP contribution in [0.2, 0.25) is 0 Å². The van der Waals surface area contributed by atoms with Crippen molar-refractivity contribution in [2.45, 2.75) is 32.8 Å². The van der Waals surface area contributed by atoms with Crippen molar-refractivity contribution in [2.75, 3.05) is 26.4 Å². The summed E-state index contributed by atoms with van der Waals surface area (Å²) in [6.07, 6.45) is 1.89. The molecule has 1 N–H and O–H groups in total. The van der Waals surface area contributed by atoms with Gasteiger partial charge in [0, 0.05) is 6.61 Å². The van der Waals surface area contributed by atoms with E-state index in [9.17, 15) is 0 Å². The minimum atomic E-state index is -0.374. The van der Waals surface area contributed by atoms with Crippen LogP contribution in [-0.2, 0) is 9.47 Å². The molecule has 1 atom stereocenters. The largest absolute Gasteiger partial charge is 0.391 e. The Balaban J connectivity index is 2.82. The maximum Gasteiger partial charge on any atom is 0.0745 e. The fraction of sp³-hybridized carbons (Fsp3) is 1.00. The summed E-state index contributed by atoms with van der Waals surface area (Å²) in [7, 11) is 0. The zero-order valence-electron chi connectivity index (χ0n) is 8.08. The van der Waals surface area contributed by atoms with E-state index < -0.39 is 0 Å². The van der Waals surface area contributed by atoms with E-state index >= 15 is 0 Å². The van der Waals surface area contributed by atoms with Gasteiger partial charge >= 0.3 is 0 Å². The van der Waals surface area contributed by atoms with Crippen molar-refractivity contribution in [1.29, 1.82) is 0 Å². The van der Waals surface area contributed by atoms with Gasteiger partial charge in [-0.05, 0) is 13.3 Å². The van der Waals surface area contributed by atoms with Crippen molar-refractivity contribution in [1.82, 2.24) is 0 Å². The molecule has 0 rings (SSSR count). The molecule has 0 saturated heterocycles. The first-order valence-corrected chi connectivity index (χ1v) is 4.61. The third-order valence-corrected chi connectivity index (χ3v) is 1.37. The van der Waals surface area contributed by atoms with Gasteiger partial charge in [-0.15, -0.1) is 0 Å². The summed E-state index contributed by atoms with van der Waals surface area (Å²) < 4.78 is 10.3. The first kappa shape index (κ1) is 11.9. The van der Waals surface area contributed by atoms with Crippen LogP contribution in [0, 0.1) is 0 Å². The van der Waals surface area contributed by atoms with Crippen LogP contribution in [0.25, 0.3) is 0 Å². The smallest absolute Gasteiger partial charge is 0.0745 e. The third-order valence-electron chi connectivity index (χ3n) is 1.37. The van der Waals surface area contributed by atoms with Crippen LogP contribution in [0.3, 0.4) is 0 Å². The molecule has 0 aliphatic heterocycles. The topological polar surface area (TPSA) is 38.7 Å². The Morgan fingerprint density at radius 1 is 1.17 bits per heavy atom. The van der Waals surface area contributed by atoms with Gasteiger partial charge in [-0.25, -0.2) is 0 Å². The summed E-state index contributed by atoms with van der Waals surface area (Å²) in [4.78, 5) is 0. The second-order valence-corrected chi connectivity index (χ2v) is 2.89. The van der Waals surface area contributed by atoms with Crippen LogP contribution in [0.5, 0.6) is 0 Å². The molecule has 3 heteroatoms. The van der Waals surface area contributed by atoms with E-state index in [0.29, 0.717) is 19.8 Å². The molecule has 0 aromatic heterocycles. The van der Waals surface area contributed by atoms with E-state index in [2.05, 4.69) is 6.92 Å². The third kappa shape index (κ3) is 9.88. The van der Waals surface area contributed by atoms with Gasteiger partial charge in [-0.3, -0.25) is 0 Å². The van der Waals surface area contributed by atoms with E-state index in [4.69, 9.17) is 14.6 Å². The molecule has 0 bridgehead atoms. The lowest BCUT2D eigenvalue weighted by atomic mass is 10.4. The molecule has 0 aliphatic carbocycles. The van der Waals surface area contributed by atoms with Crippen molar-refractivity contribution < 1.29 is 14.6 Å². The Morgan fingerprint density at radius 3 is 2.42 bits per heavy atom. The number of hydrogen-bond donors (Lipinski definition) is 1. The molecule has 0 spiro atoms. The molecule has 0 aromatic carbocycles. The van der Waals surface area contributed by atoms with Crippen molar-refractivity contribution >= 4 is 0 Å². The average molecular weight is 176 g/mol. The fourth-order valence-electron chi connectivity index (χ4n) is 0.720. The number of hydrogen-bond acceptors (Lipinski definition) is 3. The van der Waals surface area contributed by atoms with Crippen LogP contribution in [0.4, 0.5) is 0 Å². The Hall–Kier alpha value is -0.120. The number of ether oxygens (including phenoxy) is 2. The van der Waals surface area contributed by atoms with Crippen LogP contribution < -0.4 is 0 Å². The van der Waals surface area contributed by atoms with Gasteiger partial charge in [0.2, 0.25) is 0 Å². The summed E-state index contributed by atoms with van der Waals surface area (Å²) in [5.41, 5.74) is 0. The van der Waals surface area contributed by atoms with Crippen molar-refractivity contribution in [2.24, 2.45) is 0 Å². The fourth-order valence-corrected chi connectivity index (χ4v) is 0.720. The number of unbranched alkanes of at least 4 members (excludes halogenated alkanes) is 1. The zero-order valence-corrected chi connectivity index (χ0v) is 8.08. The molecule has 0 radical (unpaired) electrons. The minimum absolute atomic E-state index is 0.374. The van der Waals surface area contributed by atoms with E-state index in [-0.39, 0.29) is 6.10 Å². The highest BCUT2D eigenvalue weighted by atomic mass is 16.5. The van der Waals surface area contributed by atoms with Gasteiger partial charge in [0.05, 0.1) is 25.9 Å². The molecule has 0 saturated carbocycles. The van der Waals surface area contributed by atoms with Gasteiger partial charge in [0.25, 0.3) is 0 Å². The quantitative estimate of drug-likeness (QED) is 0.565. The monoisotopic (exact) mass is 176 g/mol. The molecule has 0 aromatic rings. The van der Waals surface area contributed by atoms with Crippen molar-refractivity contribution in [3.63, 3.8) is 0 Å². The Labute approximate surface area is 74.7 Å². The second-order valence-electron chi connectivity index (χ2n) is 2.89. The van der Waals surface area contributed by atoms with Crippen molar-refractivity contribution in [3.8, 4) is 0 Å². The van der Waals surface area contributed by atoms with Crippen LogP contribution >= 0.6 is 0 Å². The SMILES string of the molecule is CCCCOCCOC[C@H](C)O. The highest BCUT2D eigenvalue weighted by Crippen LogP contribution is 1.88. The highest BCUT2D eigenvalue weighted by Gasteiger charge is 1.94. The summed E-state index contributed by atoms with van der Waals surface area (Å²) >= 11 is 0.